The third kappa shape index (κ3) is 4.10. The van der Waals surface area contributed by atoms with Gasteiger partial charge >= 0.3 is 0 Å². The van der Waals surface area contributed by atoms with Gasteiger partial charge in [-0.3, -0.25) is 4.79 Å². The summed E-state index contributed by atoms with van der Waals surface area (Å²) in [5.41, 5.74) is 4.36. The van der Waals surface area contributed by atoms with Gasteiger partial charge in [-0.2, -0.15) is 5.10 Å². The van der Waals surface area contributed by atoms with E-state index in [9.17, 15) is 4.79 Å². The fraction of sp³-hybridized carbons (Fsp3) is 0.240. The Morgan fingerprint density at radius 2 is 1.53 bits per heavy atom. The van der Waals surface area contributed by atoms with Crippen LogP contribution in [0.3, 0.4) is 0 Å². The highest BCUT2D eigenvalue weighted by atomic mass is 16.2. The van der Waals surface area contributed by atoms with Crippen molar-refractivity contribution in [3.05, 3.63) is 95.3 Å². The first kappa shape index (κ1) is 19.8. The van der Waals surface area contributed by atoms with Crippen molar-refractivity contribution in [3.8, 4) is 0 Å². The predicted molar refractivity (Wildman–Crippen MR) is 119 cm³/mol. The number of amides is 1. The van der Waals surface area contributed by atoms with E-state index < -0.39 is 0 Å². The van der Waals surface area contributed by atoms with E-state index in [0.717, 1.165) is 27.9 Å². The van der Waals surface area contributed by atoms with Crippen LogP contribution in [0, 0.1) is 6.92 Å². The number of carbonyl (C=O) groups excluding carboxylic acids is 1. The van der Waals surface area contributed by atoms with Gasteiger partial charge < -0.3 is 4.90 Å². The number of hydrogen-bond donors (Lipinski definition) is 0. The molecule has 4 aromatic rings. The summed E-state index contributed by atoms with van der Waals surface area (Å²) >= 11 is 0. The van der Waals surface area contributed by atoms with Crippen LogP contribution in [-0.4, -0.2) is 25.6 Å². The van der Waals surface area contributed by atoms with E-state index in [1.54, 1.807) is 6.20 Å². The Morgan fingerprint density at radius 3 is 2.07 bits per heavy atom. The van der Waals surface area contributed by atoms with Gasteiger partial charge in [0.15, 0.2) is 5.65 Å². The molecule has 0 N–H and O–H groups in total. The number of fused-ring (bicyclic) bond motifs is 1. The summed E-state index contributed by atoms with van der Waals surface area (Å²) in [7, 11) is 0. The molecule has 0 aliphatic rings. The topological polar surface area (TPSA) is 51.0 Å². The van der Waals surface area contributed by atoms with Crippen LogP contribution in [0.2, 0.25) is 0 Å². The maximum Gasteiger partial charge on any atom is 0.256 e. The van der Waals surface area contributed by atoms with Crippen molar-refractivity contribution in [2.45, 2.75) is 39.9 Å². The van der Waals surface area contributed by atoms with Crippen LogP contribution < -0.4 is 0 Å². The van der Waals surface area contributed by atoms with Gasteiger partial charge in [-0.05, 0) is 38.0 Å². The van der Waals surface area contributed by atoms with Crippen molar-refractivity contribution >= 4 is 16.9 Å². The molecule has 0 fully saturated rings. The van der Waals surface area contributed by atoms with E-state index in [1.807, 2.05) is 83.2 Å². The molecule has 0 saturated carbocycles. The molecule has 5 heteroatoms. The zero-order valence-electron chi connectivity index (χ0n) is 17.6. The summed E-state index contributed by atoms with van der Waals surface area (Å²) in [6, 6.07) is 22.3. The summed E-state index contributed by atoms with van der Waals surface area (Å²) in [5, 5.41) is 5.33. The largest absolute Gasteiger partial charge is 0.330 e. The van der Waals surface area contributed by atoms with Crippen molar-refractivity contribution in [2.24, 2.45) is 0 Å². The molecule has 0 spiro atoms. The number of benzene rings is 2. The number of carbonyl (C=O) groups is 1. The highest BCUT2D eigenvalue weighted by molar-refractivity contribution is 5.98. The Kier molecular flexibility index (Phi) is 5.61. The molecule has 0 aliphatic heterocycles. The highest BCUT2D eigenvalue weighted by Crippen LogP contribution is 2.22. The SMILES string of the molecule is Cc1nc2c(cnn2C(C)C)cc1C(=O)N(Cc1ccccc1)Cc1ccccc1. The molecule has 0 atom stereocenters. The maximum atomic E-state index is 13.6. The van der Waals surface area contributed by atoms with Crippen LogP contribution in [0.25, 0.3) is 11.0 Å². The highest BCUT2D eigenvalue weighted by Gasteiger charge is 2.21. The van der Waals surface area contributed by atoms with Crippen molar-refractivity contribution < 1.29 is 4.79 Å². The molecule has 4 rings (SSSR count). The van der Waals surface area contributed by atoms with Crippen LogP contribution in [0.15, 0.2) is 72.9 Å². The van der Waals surface area contributed by atoms with Gasteiger partial charge in [0.1, 0.15) is 0 Å². The lowest BCUT2D eigenvalue weighted by Gasteiger charge is -2.24. The molecular weight excluding hydrogens is 372 g/mol. The number of pyridine rings is 1. The van der Waals surface area contributed by atoms with E-state index in [1.165, 1.54) is 0 Å². The van der Waals surface area contributed by atoms with Crippen molar-refractivity contribution in [1.82, 2.24) is 19.7 Å². The summed E-state index contributed by atoms with van der Waals surface area (Å²) in [5.74, 6) is -0.0214. The fourth-order valence-electron chi connectivity index (χ4n) is 3.64. The lowest BCUT2D eigenvalue weighted by Crippen LogP contribution is -2.31. The standard InChI is InChI=1S/C25H26N4O/c1-18(2)29-24-22(15-26-29)14-23(19(3)27-24)25(30)28(16-20-10-6-4-7-11-20)17-21-12-8-5-9-13-21/h4-15,18H,16-17H2,1-3H3. The molecule has 2 aromatic heterocycles. The normalized spacial score (nSPS) is 11.2. The van der Waals surface area contributed by atoms with Crippen LogP contribution >= 0.6 is 0 Å². The van der Waals surface area contributed by atoms with Gasteiger partial charge in [0.05, 0.1) is 17.5 Å². The van der Waals surface area contributed by atoms with Crippen LogP contribution in [-0.2, 0) is 13.1 Å². The molecule has 0 unspecified atom stereocenters. The zero-order chi connectivity index (χ0) is 21.1. The minimum absolute atomic E-state index is 0.0214. The van der Waals surface area contributed by atoms with E-state index in [-0.39, 0.29) is 11.9 Å². The second-order valence-corrected chi connectivity index (χ2v) is 7.85. The number of aromatic nitrogens is 3. The maximum absolute atomic E-state index is 13.6. The molecular formula is C25H26N4O. The summed E-state index contributed by atoms with van der Waals surface area (Å²) in [6.45, 7) is 7.12. The quantitative estimate of drug-likeness (QED) is 0.451. The molecule has 0 radical (unpaired) electrons. The Balaban J connectivity index is 1.70. The van der Waals surface area contributed by atoms with Gasteiger partial charge in [-0.25, -0.2) is 9.67 Å². The van der Waals surface area contributed by atoms with Crippen LogP contribution in [0.1, 0.15) is 47.1 Å². The lowest BCUT2D eigenvalue weighted by atomic mass is 10.1. The first-order valence-corrected chi connectivity index (χ1v) is 10.2. The van der Waals surface area contributed by atoms with Gasteiger partial charge in [0, 0.05) is 24.5 Å². The Labute approximate surface area is 177 Å². The van der Waals surface area contributed by atoms with Crippen LogP contribution in [0.4, 0.5) is 0 Å². The van der Waals surface area contributed by atoms with E-state index in [4.69, 9.17) is 4.98 Å². The molecule has 30 heavy (non-hydrogen) atoms. The van der Waals surface area contributed by atoms with Crippen molar-refractivity contribution in [1.29, 1.82) is 0 Å². The molecule has 1 amide bonds. The van der Waals surface area contributed by atoms with Crippen molar-refractivity contribution in [2.75, 3.05) is 0 Å². The smallest absolute Gasteiger partial charge is 0.256 e. The van der Waals surface area contributed by atoms with Gasteiger partial charge in [0.25, 0.3) is 5.91 Å². The first-order chi connectivity index (χ1) is 14.5. The monoisotopic (exact) mass is 398 g/mol. The first-order valence-electron chi connectivity index (χ1n) is 10.2. The number of hydrogen-bond acceptors (Lipinski definition) is 3. The zero-order valence-corrected chi connectivity index (χ0v) is 17.6. The molecule has 0 saturated heterocycles. The van der Waals surface area contributed by atoms with Gasteiger partial charge in [0.2, 0.25) is 0 Å². The Hall–Kier alpha value is -3.47. The Morgan fingerprint density at radius 1 is 0.967 bits per heavy atom. The summed E-state index contributed by atoms with van der Waals surface area (Å²) < 4.78 is 1.89. The summed E-state index contributed by atoms with van der Waals surface area (Å²) in [6.07, 6.45) is 1.79. The molecule has 2 heterocycles. The fourth-order valence-corrected chi connectivity index (χ4v) is 3.64. The number of nitrogens with zero attached hydrogens (tertiary/aromatic N) is 4. The van der Waals surface area contributed by atoms with Gasteiger partial charge in [-0.15, -0.1) is 0 Å². The second kappa shape index (κ2) is 8.49. The van der Waals surface area contributed by atoms with E-state index >= 15 is 0 Å². The van der Waals surface area contributed by atoms with Crippen LogP contribution in [0.5, 0.6) is 0 Å². The predicted octanol–water partition coefficient (Wildman–Crippen LogP) is 5.16. The third-order valence-corrected chi connectivity index (χ3v) is 5.20. The van der Waals surface area contributed by atoms with E-state index in [0.29, 0.717) is 18.7 Å². The Bertz CT molecular complexity index is 1110. The number of aryl methyl sites for hydroxylation is 1. The second-order valence-electron chi connectivity index (χ2n) is 7.85. The minimum atomic E-state index is -0.0214. The molecule has 5 nitrogen and oxygen atoms in total. The minimum Gasteiger partial charge on any atom is -0.330 e. The number of rotatable bonds is 6. The van der Waals surface area contributed by atoms with E-state index in [2.05, 4.69) is 18.9 Å². The molecule has 0 aliphatic carbocycles. The van der Waals surface area contributed by atoms with Gasteiger partial charge in [-0.1, -0.05) is 60.7 Å². The molecule has 0 bridgehead atoms. The molecule has 152 valence electrons. The molecule has 2 aromatic carbocycles. The summed E-state index contributed by atoms with van der Waals surface area (Å²) in [4.78, 5) is 20.2. The lowest BCUT2D eigenvalue weighted by molar-refractivity contribution is 0.0729. The average molecular weight is 399 g/mol. The van der Waals surface area contributed by atoms with Crippen molar-refractivity contribution in [3.63, 3.8) is 0 Å². The average Bonchev–Trinajstić information content (AvgIpc) is 3.16. The third-order valence-electron chi connectivity index (χ3n) is 5.20.